The van der Waals surface area contributed by atoms with Crippen molar-refractivity contribution in [1.29, 1.82) is 0 Å². The van der Waals surface area contributed by atoms with E-state index in [0.717, 1.165) is 11.1 Å². The number of hydrogen-bond acceptors (Lipinski definition) is 2. The highest BCUT2D eigenvalue weighted by atomic mass is 16.4. The molecular formula is C13H16O4. The van der Waals surface area contributed by atoms with Crippen LogP contribution in [0.15, 0.2) is 24.3 Å². The van der Waals surface area contributed by atoms with Gasteiger partial charge in [-0.3, -0.25) is 9.59 Å². The summed E-state index contributed by atoms with van der Waals surface area (Å²) in [5.41, 5.74) is 1.89. The van der Waals surface area contributed by atoms with E-state index < -0.39 is 23.8 Å². The summed E-state index contributed by atoms with van der Waals surface area (Å²) in [6.45, 7) is 3.34. The Bertz CT molecular complexity index is 425. The van der Waals surface area contributed by atoms with Crippen LogP contribution in [-0.4, -0.2) is 22.2 Å². The largest absolute Gasteiger partial charge is 0.481 e. The van der Waals surface area contributed by atoms with Crippen LogP contribution in [0, 0.1) is 18.8 Å². The minimum absolute atomic E-state index is 0.241. The fourth-order valence-electron chi connectivity index (χ4n) is 1.74. The first-order valence-electron chi connectivity index (χ1n) is 5.43. The highest BCUT2D eigenvalue weighted by molar-refractivity contribution is 5.79. The third-order valence-corrected chi connectivity index (χ3v) is 2.85. The maximum atomic E-state index is 11.1. The quantitative estimate of drug-likeness (QED) is 0.819. The van der Waals surface area contributed by atoms with Crippen LogP contribution in [0.3, 0.4) is 0 Å². The third-order valence-electron chi connectivity index (χ3n) is 2.85. The summed E-state index contributed by atoms with van der Waals surface area (Å²) in [4.78, 5) is 21.9. The van der Waals surface area contributed by atoms with Gasteiger partial charge < -0.3 is 10.2 Å². The predicted molar refractivity (Wildman–Crippen MR) is 62.8 cm³/mol. The first-order chi connectivity index (χ1) is 7.91. The van der Waals surface area contributed by atoms with Crippen molar-refractivity contribution in [3.63, 3.8) is 0 Å². The summed E-state index contributed by atoms with van der Waals surface area (Å²) in [5.74, 6) is -3.94. The smallest absolute Gasteiger partial charge is 0.307 e. The van der Waals surface area contributed by atoms with Crippen LogP contribution in [0.2, 0.25) is 0 Å². The normalized spacial score (nSPS) is 14.0. The van der Waals surface area contributed by atoms with Gasteiger partial charge in [-0.1, -0.05) is 36.8 Å². The van der Waals surface area contributed by atoms with E-state index in [1.165, 1.54) is 6.92 Å². The molecule has 0 amide bonds. The molecule has 0 aliphatic carbocycles. The Balaban J connectivity index is 2.88. The fourth-order valence-corrected chi connectivity index (χ4v) is 1.74. The topological polar surface area (TPSA) is 74.6 Å². The lowest BCUT2D eigenvalue weighted by Crippen LogP contribution is -2.29. The molecule has 17 heavy (non-hydrogen) atoms. The second-order valence-corrected chi connectivity index (χ2v) is 4.26. The zero-order valence-corrected chi connectivity index (χ0v) is 9.88. The van der Waals surface area contributed by atoms with E-state index in [4.69, 9.17) is 10.2 Å². The number of aliphatic carboxylic acids is 2. The number of hydrogen-bond donors (Lipinski definition) is 2. The molecule has 4 heteroatoms. The molecule has 0 saturated heterocycles. The Hall–Kier alpha value is -1.84. The van der Waals surface area contributed by atoms with Gasteiger partial charge in [-0.2, -0.15) is 0 Å². The SMILES string of the molecule is Cc1cccc(C[C@@H](C(=O)O)[C@H](C)C(=O)O)c1. The number of aryl methyl sites for hydroxylation is 1. The molecule has 0 aliphatic heterocycles. The molecule has 1 aromatic rings. The molecule has 0 heterocycles. The van der Waals surface area contributed by atoms with Crippen molar-refractivity contribution in [3.8, 4) is 0 Å². The van der Waals surface area contributed by atoms with Crippen LogP contribution >= 0.6 is 0 Å². The molecule has 0 aliphatic rings. The molecule has 2 atom stereocenters. The molecule has 0 unspecified atom stereocenters. The molecule has 0 radical (unpaired) electrons. The summed E-state index contributed by atoms with van der Waals surface area (Å²) < 4.78 is 0. The van der Waals surface area contributed by atoms with Crippen LogP contribution in [0.25, 0.3) is 0 Å². The average Bonchev–Trinajstić information content (AvgIpc) is 2.24. The highest BCUT2D eigenvalue weighted by Gasteiger charge is 2.29. The van der Waals surface area contributed by atoms with Gasteiger partial charge in [0, 0.05) is 0 Å². The van der Waals surface area contributed by atoms with Gasteiger partial charge in [-0.05, 0) is 18.9 Å². The monoisotopic (exact) mass is 236 g/mol. The molecule has 2 N–H and O–H groups in total. The maximum Gasteiger partial charge on any atom is 0.307 e. The van der Waals surface area contributed by atoms with E-state index in [1.807, 2.05) is 31.2 Å². The summed E-state index contributed by atoms with van der Waals surface area (Å²) in [7, 11) is 0. The molecule has 1 aromatic carbocycles. The van der Waals surface area contributed by atoms with Crippen LogP contribution in [0.4, 0.5) is 0 Å². The van der Waals surface area contributed by atoms with Crippen molar-refractivity contribution < 1.29 is 19.8 Å². The standard InChI is InChI=1S/C13H16O4/c1-8-4-3-5-10(6-8)7-11(13(16)17)9(2)12(14)15/h3-6,9,11H,7H2,1-2H3,(H,14,15)(H,16,17)/t9-,11+/m0/s1. The Morgan fingerprint density at radius 1 is 1.24 bits per heavy atom. The van der Waals surface area contributed by atoms with E-state index in [1.54, 1.807) is 0 Å². The minimum Gasteiger partial charge on any atom is -0.481 e. The second-order valence-electron chi connectivity index (χ2n) is 4.26. The molecular weight excluding hydrogens is 220 g/mol. The molecule has 0 spiro atoms. The number of carboxylic acid groups (broad SMARTS) is 2. The fraction of sp³-hybridized carbons (Fsp3) is 0.385. The Morgan fingerprint density at radius 2 is 1.88 bits per heavy atom. The lowest BCUT2D eigenvalue weighted by Gasteiger charge is -2.16. The van der Waals surface area contributed by atoms with Crippen molar-refractivity contribution in [2.75, 3.05) is 0 Å². The zero-order valence-electron chi connectivity index (χ0n) is 9.88. The van der Waals surface area contributed by atoms with Crippen molar-refractivity contribution >= 4 is 11.9 Å². The Kier molecular flexibility index (Phi) is 4.26. The molecule has 92 valence electrons. The van der Waals surface area contributed by atoms with Gasteiger partial charge >= 0.3 is 11.9 Å². The zero-order chi connectivity index (χ0) is 13.0. The van der Waals surface area contributed by atoms with Crippen LogP contribution in [0.5, 0.6) is 0 Å². The van der Waals surface area contributed by atoms with Gasteiger partial charge in [0.05, 0.1) is 11.8 Å². The van der Waals surface area contributed by atoms with E-state index >= 15 is 0 Å². The molecule has 0 fully saturated rings. The van der Waals surface area contributed by atoms with Crippen LogP contribution in [0.1, 0.15) is 18.1 Å². The molecule has 0 saturated carbocycles. The average molecular weight is 236 g/mol. The molecule has 4 nitrogen and oxygen atoms in total. The van der Waals surface area contributed by atoms with E-state index in [2.05, 4.69) is 0 Å². The summed E-state index contributed by atoms with van der Waals surface area (Å²) in [6, 6.07) is 7.46. The van der Waals surface area contributed by atoms with Crippen molar-refractivity contribution in [3.05, 3.63) is 35.4 Å². The third kappa shape index (κ3) is 3.59. The maximum absolute atomic E-state index is 11.1. The van der Waals surface area contributed by atoms with Gasteiger partial charge in [-0.15, -0.1) is 0 Å². The molecule has 1 rings (SSSR count). The van der Waals surface area contributed by atoms with E-state index in [-0.39, 0.29) is 6.42 Å². The first kappa shape index (κ1) is 13.2. The number of benzene rings is 1. The molecule has 0 aromatic heterocycles. The number of rotatable bonds is 5. The number of carboxylic acids is 2. The summed E-state index contributed by atoms with van der Waals surface area (Å²) in [6.07, 6.45) is 0.241. The highest BCUT2D eigenvalue weighted by Crippen LogP contribution is 2.19. The summed E-state index contributed by atoms with van der Waals surface area (Å²) in [5, 5.41) is 17.9. The van der Waals surface area contributed by atoms with Gasteiger partial charge in [0.2, 0.25) is 0 Å². The lowest BCUT2D eigenvalue weighted by molar-refractivity contribution is -0.152. The summed E-state index contributed by atoms with van der Waals surface area (Å²) >= 11 is 0. The van der Waals surface area contributed by atoms with Gasteiger partial charge in [0.1, 0.15) is 0 Å². The van der Waals surface area contributed by atoms with Gasteiger partial charge in [0.15, 0.2) is 0 Å². The van der Waals surface area contributed by atoms with Gasteiger partial charge in [-0.25, -0.2) is 0 Å². The van der Waals surface area contributed by atoms with Crippen molar-refractivity contribution in [2.24, 2.45) is 11.8 Å². The Morgan fingerprint density at radius 3 is 2.35 bits per heavy atom. The van der Waals surface area contributed by atoms with Crippen LogP contribution in [-0.2, 0) is 16.0 Å². The number of carbonyl (C=O) groups is 2. The van der Waals surface area contributed by atoms with E-state index in [0.29, 0.717) is 0 Å². The van der Waals surface area contributed by atoms with Crippen LogP contribution < -0.4 is 0 Å². The van der Waals surface area contributed by atoms with Crippen molar-refractivity contribution in [1.82, 2.24) is 0 Å². The lowest BCUT2D eigenvalue weighted by atomic mass is 9.88. The minimum atomic E-state index is -1.08. The van der Waals surface area contributed by atoms with Crippen molar-refractivity contribution in [2.45, 2.75) is 20.3 Å². The predicted octanol–water partition coefficient (Wildman–Crippen LogP) is 1.96. The van der Waals surface area contributed by atoms with E-state index in [9.17, 15) is 9.59 Å². The molecule has 0 bridgehead atoms. The Labute approximate surface area is 99.9 Å². The van der Waals surface area contributed by atoms with Gasteiger partial charge in [0.25, 0.3) is 0 Å². The second kappa shape index (κ2) is 5.48. The first-order valence-corrected chi connectivity index (χ1v) is 5.43.